The summed E-state index contributed by atoms with van der Waals surface area (Å²) >= 11 is 0. The van der Waals surface area contributed by atoms with Crippen LogP contribution in [0.1, 0.15) is 0 Å². The second kappa shape index (κ2) is 8.81. The third kappa shape index (κ3) is 3.74. The zero-order valence-corrected chi connectivity index (χ0v) is 19.9. The molecule has 5 nitrogen and oxygen atoms in total. The molecule has 0 atom stereocenters. The van der Waals surface area contributed by atoms with E-state index in [9.17, 15) is 0 Å². The predicted molar refractivity (Wildman–Crippen MR) is 148 cm³/mol. The van der Waals surface area contributed by atoms with Crippen LogP contribution in [0.2, 0.25) is 0 Å². The van der Waals surface area contributed by atoms with Gasteiger partial charge in [-0.2, -0.15) is 0 Å². The Hall–Kier alpha value is -5.16. The highest BCUT2D eigenvalue weighted by atomic mass is 16.5. The number of rotatable bonds is 5. The summed E-state index contributed by atoms with van der Waals surface area (Å²) < 4.78 is 10.7. The van der Waals surface area contributed by atoms with Crippen molar-refractivity contribution in [3.8, 4) is 34.4 Å². The lowest BCUT2D eigenvalue weighted by molar-refractivity contribution is 0.483. The number of ether oxygens (including phenoxy) is 1. The molecule has 0 N–H and O–H groups in total. The Morgan fingerprint density at radius 3 is 2.27 bits per heavy atom. The lowest BCUT2D eigenvalue weighted by Gasteiger charge is -2.11. The van der Waals surface area contributed by atoms with Crippen LogP contribution in [0, 0.1) is 0 Å². The number of nitrogens with zero attached hydrogens (tertiary/aromatic N) is 4. The number of pyridine rings is 1. The van der Waals surface area contributed by atoms with E-state index in [1.165, 1.54) is 5.39 Å². The standard InChI is InChI=1S/C32H22N4O/c1-2-10-24(11-3-1)35-20-19-34-32(35)23-9-8-12-25(21-23)37-26-16-17-28-27-13-4-5-14-29(27)36(30(28)22-26)31-15-6-7-18-33-31/h1-22H. The minimum absolute atomic E-state index is 0.750. The van der Waals surface area contributed by atoms with Gasteiger partial charge in [0.15, 0.2) is 0 Å². The van der Waals surface area contributed by atoms with Gasteiger partial charge in [0.2, 0.25) is 0 Å². The van der Waals surface area contributed by atoms with Crippen LogP contribution in [0.3, 0.4) is 0 Å². The minimum Gasteiger partial charge on any atom is -0.457 e. The van der Waals surface area contributed by atoms with Gasteiger partial charge in [-0.3, -0.25) is 9.13 Å². The molecule has 0 aliphatic heterocycles. The first-order chi connectivity index (χ1) is 18.3. The summed E-state index contributed by atoms with van der Waals surface area (Å²) in [7, 11) is 0. The Morgan fingerprint density at radius 2 is 1.38 bits per heavy atom. The van der Waals surface area contributed by atoms with Crippen LogP contribution in [-0.2, 0) is 0 Å². The first-order valence-corrected chi connectivity index (χ1v) is 12.2. The maximum atomic E-state index is 6.39. The molecule has 0 bridgehead atoms. The molecule has 4 aromatic carbocycles. The number of para-hydroxylation sites is 2. The Balaban J connectivity index is 1.29. The first kappa shape index (κ1) is 21.1. The lowest BCUT2D eigenvalue weighted by Crippen LogP contribution is -1.97. The van der Waals surface area contributed by atoms with E-state index in [1.807, 2.05) is 79.3 Å². The molecule has 7 aromatic rings. The van der Waals surface area contributed by atoms with Crippen molar-refractivity contribution >= 4 is 21.8 Å². The van der Waals surface area contributed by atoms with Crippen molar-refractivity contribution in [2.24, 2.45) is 0 Å². The summed E-state index contributed by atoms with van der Waals surface area (Å²) in [5.74, 6) is 3.25. The predicted octanol–water partition coefficient (Wildman–Crippen LogP) is 7.82. The van der Waals surface area contributed by atoms with E-state index < -0.39 is 0 Å². The van der Waals surface area contributed by atoms with Gasteiger partial charge in [-0.25, -0.2) is 9.97 Å². The lowest BCUT2D eigenvalue weighted by atomic mass is 10.1. The van der Waals surface area contributed by atoms with Crippen LogP contribution >= 0.6 is 0 Å². The van der Waals surface area contributed by atoms with Crippen LogP contribution in [-0.4, -0.2) is 19.1 Å². The molecule has 0 aliphatic rings. The SMILES string of the molecule is c1ccc(-n2ccnc2-c2cccc(Oc3ccc4c5ccccc5n(-c5ccccn5)c4c3)c2)cc1. The molecule has 0 saturated carbocycles. The van der Waals surface area contributed by atoms with Gasteiger partial charge in [-0.05, 0) is 54.6 Å². The maximum Gasteiger partial charge on any atom is 0.144 e. The number of aromatic nitrogens is 4. The molecular formula is C32H22N4O. The Labute approximate surface area is 213 Å². The van der Waals surface area contributed by atoms with Gasteiger partial charge in [-0.15, -0.1) is 0 Å². The molecule has 0 radical (unpaired) electrons. The molecule has 5 heteroatoms. The second-order valence-electron chi connectivity index (χ2n) is 8.81. The van der Waals surface area contributed by atoms with Crippen molar-refractivity contribution in [3.05, 3.63) is 134 Å². The van der Waals surface area contributed by atoms with E-state index in [0.717, 1.165) is 50.8 Å². The molecule has 0 fully saturated rings. The monoisotopic (exact) mass is 478 g/mol. The molecule has 7 rings (SSSR count). The molecule has 0 spiro atoms. The molecule has 3 heterocycles. The van der Waals surface area contributed by atoms with Crippen LogP contribution in [0.4, 0.5) is 0 Å². The average Bonchev–Trinajstić information content (AvgIpc) is 3.57. The summed E-state index contributed by atoms with van der Waals surface area (Å²) in [5, 5.41) is 2.34. The molecular weight excluding hydrogens is 456 g/mol. The fourth-order valence-corrected chi connectivity index (χ4v) is 4.90. The summed E-state index contributed by atoms with van der Waals surface area (Å²) in [6.45, 7) is 0. The number of imidazole rings is 1. The fourth-order valence-electron chi connectivity index (χ4n) is 4.90. The zero-order chi connectivity index (χ0) is 24.6. The van der Waals surface area contributed by atoms with Gasteiger partial charge in [0, 0.05) is 46.7 Å². The highest BCUT2D eigenvalue weighted by Gasteiger charge is 2.14. The number of hydrogen-bond donors (Lipinski definition) is 0. The molecule has 0 unspecified atom stereocenters. The summed E-state index contributed by atoms with van der Waals surface area (Å²) in [5.41, 5.74) is 4.21. The molecule has 176 valence electrons. The first-order valence-electron chi connectivity index (χ1n) is 12.2. The fraction of sp³-hybridized carbons (Fsp3) is 0. The van der Waals surface area contributed by atoms with Crippen LogP contribution in [0.15, 0.2) is 134 Å². The minimum atomic E-state index is 0.750. The smallest absolute Gasteiger partial charge is 0.144 e. The van der Waals surface area contributed by atoms with Crippen molar-refractivity contribution in [3.63, 3.8) is 0 Å². The van der Waals surface area contributed by atoms with E-state index >= 15 is 0 Å². The van der Waals surface area contributed by atoms with E-state index in [4.69, 9.17) is 4.74 Å². The Morgan fingerprint density at radius 1 is 0.568 bits per heavy atom. The van der Waals surface area contributed by atoms with Crippen molar-refractivity contribution in [2.75, 3.05) is 0 Å². The maximum absolute atomic E-state index is 6.39. The van der Waals surface area contributed by atoms with Gasteiger partial charge >= 0.3 is 0 Å². The summed E-state index contributed by atoms with van der Waals surface area (Å²) in [6.07, 6.45) is 5.61. The second-order valence-corrected chi connectivity index (χ2v) is 8.81. The molecule has 0 saturated heterocycles. The third-order valence-electron chi connectivity index (χ3n) is 6.53. The van der Waals surface area contributed by atoms with Crippen LogP contribution in [0.5, 0.6) is 11.5 Å². The number of fused-ring (bicyclic) bond motifs is 3. The number of benzene rings is 4. The highest BCUT2D eigenvalue weighted by Crippen LogP contribution is 2.35. The van der Waals surface area contributed by atoms with E-state index in [-0.39, 0.29) is 0 Å². The third-order valence-corrected chi connectivity index (χ3v) is 6.53. The quantitative estimate of drug-likeness (QED) is 0.253. The van der Waals surface area contributed by atoms with E-state index in [1.54, 1.807) is 0 Å². The van der Waals surface area contributed by atoms with Crippen molar-refractivity contribution in [2.45, 2.75) is 0 Å². The van der Waals surface area contributed by atoms with Gasteiger partial charge in [0.05, 0.1) is 11.0 Å². The van der Waals surface area contributed by atoms with Gasteiger partial charge < -0.3 is 4.74 Å². The van der Waals surface area contributed by atoms with Gasteiger partial charge in [0.1, 0.15) is 23.1 Å². The van der Waals surface area contributed by atoms with Crippen molar-refractivity contribution in [1.29, 1.82) is 0 Å². The Bertz CT molecular complexity index is 1850. The normalized spacial score (nSPS) is 11.2. The van der Waals surface area contributed by atoms with E-state index in [2.05, 4.69) is 73.7 Å². The summed E-state index contributed by atoms with van der Waals surface area (Å²) in [6, 6.07) is 38.9. The van der Waals surface area contributed by atoms with Gasteiger partial charge in [-0.1, -0.05) is 54.6 Å². The van der Waals surface area contributed by atoms with Crippen LogP contribution < -0.4 is 4.74 Å². The Kier molecular flexibility index (Phi) is 5.03. The average molecular weight is 479 g/mol. The molecule has 3 aromatic heterocycles. The molecule has 37 heavy (non-hydrogen) atoms. The van der Waals surface area contributed by atoms with Gasteiger partial charge in [0.25, 0.3) is 0 Å². The summed E-state index contributed by atoms with van der Waals surface area (Å²) in [4.78, 5) is 9.24. The topological polar surface area (TPSA) is 44.9 Å². The van der Waals surface area contributed by atoms with Crippen molar-refractivity contribution < 1.29 is 4.74 Å². The van der Waals surface area contributed by atoms with E-state index in [0.29, 0.717) is 0 Å². The zero-order valence-electron chi connectivity index (χ0n) is 19.9. The molecule has 0 amide bonds. The highest BCUT2D eigenvalue weighted by molar-refractivity contribution is 6.09. The van der Waals surface area contributed by atoms with Crippen LogP contribution in [0.25, 0.3) is 44.7 Å². The molecule has 0 aliphatic carbocycles. The largest absolute Gasteiger partial charge is 0.457 e. The van der Waals surface area contributed by atoms with Crippen molar-refractivity contribution in [1.82, 2.24) is 19.1 Å². The number of hydrogen-bond acceptors (Lipinski definition) is 3.